The molecule has 46 heavy (non-hydrogen) atoms. The van der Waals surface area contributed by atoms with Crippen LogP contribution in [-0.2, 0) is 11.2 Å². The summed E-state index contributed by atoms with van der Waals surface area (Å²) < 4.78 is 30.7. The van der Waals surface area contributed by atoms with E-state index in [0.717, 1.165) is 37.4 Å². The summed E-state index contributed by atoms with van der Waals surface area (Å²) in [5.41, 5.74) is 9.88. The molecule has 238 valence electrons. The largest absolute Gasteiger partial charge is 0.493 e. The number of aliphatic imine (C=N–C) groups is 1. The van der Waals surface area contributed by atoms with E-state index in [2.05, 4.69) is 24.8 Å². The molecule has 11 nitrogen and oxygen atoms in total. The van der Waals surface area contributed by atoms with Gasteiger partial charge in [-0.2, -0.15) is 4.98 Å². The summed E-state index contributed by atoms with van der Waals surface area (Å²) >= 11 is 6.18. The fourth-order valence-electron chi connectivity index (χ4n) is 5.71. The molecular formula is C33H33ClFN7O4. The third kappa shape index (κ3) is 6.26. The van der Waals surface area contributed by atoms with Crippen molar-refractivity contribution in [1.29, 1.82) is 0 Å². The number of nitrogens with zero attached hydrogens (tertiary/aromatic N) is 6. The smallest absolute Gasteiger partial charge is 0.278 e. The van der Waals surface area contributed by atoms with Gasteiger partial charge in [0.2, 0.25) is 5.75 Å². The quantitative estimate of drug-likeness (QED) is 0.276. The molecule has 1 aromatic heterocycles. The van der Waals surface area contributed by atoms with E-state index < -0.39 is 5.82 Å². The van der Waals surface area contributed by atoms with Crippen LogP contribution in [0.4, 0.5) is 27.5 Å². The fraction of sp³-hybridized carbons (Fsp3) is 0.273. The predicted molar refractivity (Wildman–Crippen MR) is 176 cm³/mol. The Bertz CT molecular complexity index is 1790. The van der Waals surface area contributed by atoms with Gasteiger partial charge in [0.1, 0.15) is 17.3 Å². The van der Waals surface area contributed by atoms with Gasteiger partial charge in [0.05, 0.1) is 33.7 Å². The van der Waals surface area contributed by atoms with Gasteiger partial charge in [-0.3, -0.25) is 14.6 Å². The number of carbonyl (C=O) groups is 1. The Morgan fingerprint density at radius 1 is 0.978 bits per heavy atom. The van der Waals surface area contributed by atoms with Crippen LogP contribution in [0.25, 0.3) is 0 Å². The second-order valence-corrected chi connectivity index (χ2v) is 11.3. The molecule has 0 bridgehead atoms. The number of nitrogen functional groups attached to an aromatic ring is 1. The van der Waals surface area contributed by atoms with Crippen molar-refractivity contribution >= 4 is 46.4 Å². The van der Waals surface area contributed by atoms with Crippen LogP contribution in [0.2, 0.25) is 5.02 Å². The third-order valence-corrected chi connectivity index (χ3v) is 8.29. The Morgan fingerprint density at radius 2 is 1.72 bits per heavy atom. The van der Waals surface area contributed by atoms with Gasteiger partial charge in [-0.1, -0.05) is 17.7 Å². The highest BCUT2D eigenvalue weighted by Gasteiger charge is 2.36. The van der Waals surface area contributed by atoms with Crippen molar-refractivity contribution in [2.45, 2.75) is 6.42 Å². The van der Waals surface area contributed by atoms with Gasteiger partial charge in [-0.15, -0.1) is 0 Å². The highest BCUT2D eigenvalue weighted by atomic mass is 35.5. The molecule has 3 heterocycles. The minimum Gasteiger partial charge on any atom is -0.493 e. The van der Waals surface area contributed by atoms with E-state index in [1.165, 1.54) is 19.2 Å². The average molecular weight is 646 g/mol. The topological polar surface area (TPSA) is 119 Å². The van der Waals surface area contributed by atoms with Gasteiger partial charge >= 0.3 is 0 Å². The molecule has 1 amide bonds. The van der Waals surface area contributed by atoms with Crippen molar-refractivity contribution in [1.82, 2.24) is 14.9 Å². The first-order chi connectivity index (χ1) is 22.3. The number of rotatable bonds is 9. The molecule has 0 spiro atoms. The second-order valence-electron chi connectivity index (χ2n) is 10.9. The Labute approximate surface area is 271 Å². The maximum absolute atomic E-state index is 14.4. The number of ether oxygens (including phenoxy) is 3. The zero-order valence-electron chi connectivity index (χ0n) is 25.7. The molecule has 3 aromatic carbocycles. The van der Waals surface area contributed by atoms with Crippen LogP contribution in [0, 0.1) is 5.82 Å². The summed E-state index contributed by atoms with van der Waals surface area (Å²) in [6.07, 6.45) is 1.94. The van der Waals surface area contributed by atoms with E-state index >= 15 is 0 Å². The monoisotopic (exact) mass is 645 g/mol. The molecule has 0 unspecified atom stereocenters. The maximum Gasteiger partial charge on any atom is 0.278 e. The van der Waals surface area contributed by atoms with Crippen molar-refractivity contribution < 1.29 is 23.4 Å². The van der Waals surface area contributed by atoms with Crippen molar-refractivity contribution in [2.75, 3.05) is 69.7 Å². The van der Waals surface area contributed by atoms with Crippen molar-refractivity contribution in [3.05, 3.63) is 88.3 Å². The molecule has 2 N–H and O–H groups in total. The Kier molecular flexibility index (Phi) is 8.91. The number of aromatic nitrogens is 2. The van der Waals surface area contributed by atoms with Gasteiger partial charge in [-0.25, -0.2) is 14.4 Å². The van der Waals surface area contributed by atoms with Crippen LogP contribution in [-0.4, -0.2) is 80.7 Å². The molecule has 6 rings (SSSR count). The van der Waals surface area contributed by atoms with Gasteiger partial charge in [-0.05, 0) is 54.1 Å². The summed E-state index contributed by atoms with van der Waals surface area (Å²) in [6.45, 7) is 3.33. The minimum atomic E-state index is -0.475. The van der Waals surface area contributed by atoms with E-state index in [1.807, 2.05) is 36.4 Å². The maximum atomic E-state index is 14.4. The van der Waals surface area contributed by atoms with Crippen molar-refractivity contribution in [2.24, 2.45) is 4.99 Å². The zero-order valence-corrected chi connectivity index (χ0v) is 26.4. The van der Waals surface area contributed by atoms with E-state index in [1.54, 1.807) is 31.4 Å². The molecule has 2 aliphatic rings. The normalized spacial score (nSPS) is 15.8. The molecule has 0 radical (unpaired) electrons. The molecule has 0 atom stereocenters. The number of fused-ring (bicyclic) bond motifs is 1. The Morgan fingerprint density at radius 3 is 2.37 bits per heavy atom. The first-order valence-electron chi connectivity index (χ1n) is 14.6. The van der Waals surface area contributed by atoms with Gasteiger partial charge < -0.3 is 24.8 Å². The lowest BCUT2D eigenvalue weighted by molar-refractivity contribution is -0.112. The lowest BCUT2D eigenvalue weighted by Gasteiger charge is -2.37. The predicted octanol–water partition coefficient (Wildman–Crippen LogP) is 4.72. The lowest BCUT2D eigenvalue weighted by atomic mass is 10.1. The van der Waals surface area contributed by atoms with Crippen LogP contribution in [0.3, 0.4) is 0 Å². The van der Waals surface area contributed by atoms with Gasteiger partial charge in [0.15, 0.2) is 11.5 Å². The molecule has 2 aliphatic heterocycles. The van der Waals surface area contributed by atoms with Crippen LogP contribution in [0.1, 0.15) is 16.7 Å². The number of hydrogen-bond donors (Lipinski definition) is 1. The summed E-state index contributed by atoms with van der Waals surface area (Å²) in [6, 6.07) is 15.7. The molecule has 4 aromatic rings. The van der Waals surface area contributed by atoms with E-state index in [0.29, 0.717) is 52.2 Å². The van der Waals surface area contributed by atoms with E-state index in [-0.39, 0.29) is 23.4 Å². The Hall–Kier alpha value is -4.94. The van der Waals surface area contributed by atoms with Crippen molar-refractivity contribution in [3.63, 3.8) is 0 Å². The van der Waals surface area contributed by atoms with Crippen LogP contribution >= 0.6 is 11.6 Å². The standard InChI is InChI=1S/C33H33ClFN7O4/c1-44-27-14-20(15-28(45-2)30(27)46-3)13-21-18-37-33(39-31(21)36)38-29-25-17-23(35)7-8-26(25)42(32(29)43)19-40-9-11-41(12-10-40)24-6-4-5-22(34)16-24/h4-8,14-18H,9-13,19H2,1-3H3,(H2,36,37,39)/b38-29-. The number of amides is 1. The first-order valence-corrected chi connectivity index (χ1v) is 15.0. The van der Waals surface area contributed by atoms with Crippen LogP contribution in [0.15, 0.2) is 65.8 Å². The van der Waals surface area contributed by atoms with Crippen molar-refractivity contribution in [3.8, 4) is 17.2 Å². The number of benzene rings is 3. The lowest BCUT2D eigenvalue weighted by Crippen LogP contribution is -2.51. The molecular weight excluding hydrogens is 613 g/mol. The highest BCUT2D eigenvalue weighted by molar-refractivity contribution is 6.54. The molecule has 13 heteroatoms. The highest BCUT2D eigenvalue weighted by Crippen LogP contribution is 2.39. The van der Waals surface area contributed by atoms with Gasteiger partial charge in [0, 0.05) is 60.6 Å². The Balaban J connectivity index is 1.20. The molecule has 1 saturated heterocycles. The SMILES string of the molecule is COc1cc(Cc2cnc(/N=C3\C(=O)N(CN4CCN(c5cccc(Cl)c5)CC4)c4ccc(F)cc43)nc2N)cc(OC)c1OC. The van der Waals surface area contributed by atoms with Crippen LogP contribution in [0.5, 0.6) is 17.2 Å². The number of methoxy groups -OCH3 is 3. The summed E-state index contributed by atoms with van der Waals surface area (Å²) in [7, 11) is 4.63. The first kappa shape index (κ1) is 31.1. The molecule has 1 fully saturated rings. The zero-order chi connectivity index (χ0) is 32.4. The molecule has 0 saturated carbocycles. The minimum absolute atomic E-state index is 0.00156. The number of hydrogen-bond acceptors (Lipinski definition) is 10. The average Bonchev–Trinajstić information content (AvgIpc) is 3.30. The number of piperazine rings is 1. The number of nitrogens with two attached hydrogens (primary N) is 1. The van der Waals surface area contributed by atoms with E-state index in [9.17, 15) is 9.18 Å². The van der Waals surface area contributed by atoms with Crippen LogP contribution < -0.4 is 29.7 Å². The van der Waals surface area contributed by atoms with Gasteiger partial charge in [0.25, 0.3) is 11.9 Å². The number of anilines is 3. The second kappa shape index (κ2) is 13.2. The number of carbonyl (C=O) groups excluding carboxylic acids is 1. The molecule has 0 aliphatic carbocycles. The fourth-order valence-corrected chi connectivity index (χ4v) is 5.90. The summed E-state index contributed by atoms with van der Waals surface area (Å²) in [4.78, 5) is 33.0. The third-order valence-electron chi connectivity index (χ3n) is 8.06. The summed E-state index contributed by atoms with van der Waals surface area (Å²) in [5.74, 6) is 0.870. The van der Waals surface area contributed by atoms with E-state index in [4.69, 9.17) is 31.5 Å². The summed E-state index contributed by atoms with van der Waals surface area (Å²) in [5, 5.41) is 0.692. The number of halogens is 2.